The summed E-state index contributed by atoms with van der Waals surface area (Å²) in [6.45, 7) is 0.102. The number of benzene rings is 3. The summed E-state index contributed by atoms with van der Waals surface area (Å²) in [4.78, 5) is 17.6. The van der Waals surface area contributed by atoms with Crippen molar-refractivity contribution in [2.24, 2.45) is 0 Å². The van der Waals surface area contributed by atoms with Crippen molar-refractivity contribution in [1.82, 2.24) is 9.66 Å². The summed E-state index contributed by atoms with van der Waals surface area (Å²) in [5.41, 5.74) is 4.34. The van der Waals surface area contributed by atoms with E-state index >= 15 is 0 Å². The molecule has 1 heterocycles. The van der Waals surface area contributed by atoms with Crippen LogP contribution in [0.5, 0.6) is 0 Å². The fourth-order valence-corrected chi connectivity index (χ4v) is 3.11. The molecule has 28 heavy (non-hydrogen) atoms. The van der Waals surface area contributed by atoms with Crippen molar-refractivity contribution in [3.8, 4) is 11.4 Å². The van der Waals surface area contributed by atoms with E-state index in [0.717, 1.165) is 12.1 Å². The summed E-state index contributed by atoms with van der Waals surface area (Å²) in [7, 11) is 0. The Hall–Kier alpha value is -3.25. The van der Waals surface area contributed by atoms with Gasteiger partial charge < -0.3 is 5.43 Å². The third kappa shape index (κ3) is 3.46. The molecular formula is C21H14ClF2N3O. The van der Waals surface area contributed by atoms with Gasteiger partial charge in [0.05, 0.1) is 17.4 Å². The van der Waals surface area contributed by atoms with Crippen LogP contribution in [0.4, 0.5) is 8.78 Å². The van der Waals surface area contributed by atoms with Gasteiger partial charge in [0.15, 0.2) is 17.5 Å². The zero-order chi connectivity index (χ0) is 19.7. The Bertz CT molecular complexity index is 1240. The Morgan fingerprint density at radius 2 is 1.79 bits per heavy atom. The molecular weight excluding hydrogens is 384 g/mol. The van der Waals surface area contributed by atoms with Gasteiger partial charge in [-0.15, -0.1) is 0 Å². The van der Waals surface area contributed by atoms with Gasteiger partial charge in [-0.25, -0.2) is 18.4 Å². The largest absolute Gasteiger partial charge is 0.317 e. The number of aromatic nitrogens is 2. The summed E-state index contributed by atoms with van der Waals surface area (Å²) in [6, 6.07) is 17.6. The molecule has 0 saturated carbocycles. The smallest absolute Gasteiger partial charge is 0.280 e. The van der Waals surface area contributed by atoms with E-state index in [-0.39, 0.29) is 12.1 Å². The first kappa shape index (κ1) is 18.1. The van der Waals surface area contributed by atoms with Gasteiger partial charge in [-0.1, -0.05) is 41.9 Å². The van der Waals surface area contributed by atoms with Crippen LogP contribution in [-0.2, 0) is 6.54 Å². The first-order chi connectivity index (χ1) is 13.5. The monoisotopic (exact) mass is 397 g/mol. The predicted molar refractivity (Wildman–Crippen MR) is 106 cm³/mol. The average Bonchev–Trinajstić information content (AvgIpc) is 2.70. The van der Waals surface area contributed by atoms with Gasteiger partial charge >= 0.3 is 0 Å². The van der Waals surface area contributed by atoms with E-state index in [0.29, 0.717) is 32.9 Å². The van der Waals surface area contributed by atoms with E-state index in [2.05, 4.69) is 10.4 Å². The minimum Gasteiger partial charge on any atom is -0.317 e. The van der Waals surface area contributed by atoms with Crippen LogP contribution in [0.1, 0.15) is 5.56 Å². The highest BCUT2D eigenvalue weighted by molar-refractivity contribution is 6.30. The van der Waals surface area contributed by atoms with Gasteiger partial charge in [0.2, 0.25) is 0 Å². The lowest BCUT2D eigenvalue weighted by atomic mass is 10.2. The second-order valence-electron chi connectivity index (χ2n) is 6.19. The summed E-state index contributed by atoms with van der Waals surface area (Å²) in [6.07, 6.45) is 0. The molecule has 0 unspecified atom stereocenters. The lowest BCUT2D eigenvalue weighted by Gasteiger charge is -2.16. The molecule has 0 spiro atoms. The molecule has 0 atom stereocenters. The molecule has 0 radical (unpaired) electrons. The molecule has 0 fully saturated rings. The molecule has 3 aromatic carbocycles. The summed E-state index contributed by atoms with van der Waals surface area (Å²) < 4.78 is 27.9. The number of para-hydroxylation sites is 1. The van der Waals surface area contributed by atoms with Gasteiger partial charge in [0.25, 0.3) is 5.56 Å². The van der Waals surface area contributed by atoms with E-state index < -0.39 is 11.6 Å². The van der Waals surface area contributed by atoms with E-state index in [1.165, 1.54) is 10.7 Å². The summed E-state index contributed by atoms with van der Waals surface area (Å²) in [5, 5.41) is 0.943. The minimum atomic E-state index is -0.946. The Labute approximate surface area is 164 Å². The highest BCUT2D eigenvalue weighted by Crippen LogP contribution is 2.22. The molecule has 0 amide bonds. The second kappa shape index (κ2) is 7.40. The third-order valence-electron chi connectivity index (χ3n) is 4.28. The Kier molecular flexibility index (Phi) is 4.79. The molecule has 0 saturated heterocycles. The Balaban J connectivity index is 1.82. The maximum absolute atomic E-state index is 13.5. The molecule has 0 bridgehead atoms. The van der Waals surface area contributed by atoms with Crippen molar-refractivity contribution >= 4 is 22.5 Å². The van der Waals surface area contributed by atoms with Gasteiger partial charge in [-0.3, -0.25) is 4.79 Å². The highest BCUT2D eigenvalue weighted by Gasteiger charge is 2.13. The number of hydrogen-bond acceptors (Lipinski definition) is 3. The van der Waals surface area contributed by atoms with Crippen LogP contribution < -0.4 is 11.0 Å². The molecule has 4 nitrogen and oxygen atoms in total. The van der Waals surface area contributed by atoms with Crippen LogP contribution in [-0.4, -0.2) is 9.66 Å². The molecule has 7 heteroatoms. The first-order valence-corrected chi connectivity index (χ1v) is 8.86. The highest BCUT2D eigenvalue weighted by atomic mass is 35.5. The van der Waals surface area contributed by atoms with Gasteiger partial charge in [0, 0.05) is 10.6 Å². The molecule has 0 aliphatic heterocycles. The second-order valence-corrected chi connectivity index (χ2v) is 6.62. The van der Waals surface area contributed by atoms with E-state index in [1.807, 2.05) is 0 Å². The molecule has 4 aromatic rings. The van der Waals surface area contributed by atoms with Crippen LogP contribution in [0.2, 0.25) is 5.02 Å². The summed E-state index contributed by atoms with van der Waals surface area (Å²) in [5.74, 6) is -1.50. The average molecular weight is 398 g/mol. The van der Waals surface area contributed by atoms with Crippen molar-refractivity contribution in [2.45, 2.75) is 6.54 Å². The number of hydrogen-bond donors (Lipinski definition) is 1. The van der Waals surface area contributed by atoms with Crippen LogP contribution in [0.25, 0.3) is 22.3 Å². The Morgan fingerprint density at radius 3 is 2.57 bits per heavy atom. The van der Waals surface area contributed by atoms with Crippen molar-refractivity contribution in [2.75, 3.05) is 5.43 Å². The molecule has 0 aliphatic rings. The predicted octanol–water partition coefficient (Wildman–Crippen LogP) is 4.74. The number of nitrogens with one attached hydrogen (secondary N) is 1. The lowest BCUT2D eigenvalue weighted by molar-refractivity contribution is 0.507. The van der Waals surface area contributed by atoms with E-state index in [9.17, 15) is 13.6 Å². The van der Waals surface area contributed by atoms with Crippen molar-refractivity contribution in [3.05, 3.63) is 99.3 Å². The Morgan fingerprint density at radius 1 is 0.964 bits per heavy atom. The molecule has 1 aromatic heterocycles. The van der Waals surface area contributed by atoms with Crippen LogP contribution in [0.3, 0.4) is 0 Å². The molecule has 0 aliphatic carbocycles. The SMILES string of the molecule is O=c1c2ccccc2nc(-c2cccc(Cl)c2)n1NCc1ccc(F)c(F)c1. The first-order valence-electron chi connectivity index (χ1n) is 8.48. The fraction of sp³-hybridized carbons (Fsp3) is 0.0476. The number of nitrogens with zero attached hydrogens (tertiary/aromatic N) is 2. The molecule has 4 rings (SSSR count). The van der Waals surface area contributed by atoms with Gasteiger partial charge in [-0.05, 0) is 42.0 Å². The maximum Gasteiger partial charge on any atom is 0.280 e. The maximum atomic E-state index is 13.5. The van der Waals surface area contributed by atoms with E-state index in [1.54, 1.807) is 48.5 Å². The third-order valence-corrected chi connectivity index (χ3v) is 4.52. The van der Waals surface area contributed by atoms with Crippen LogP contribution >= 0.6 is 11.6 Å². The van der Waals surface area contributed by atoms with Crippen LogP contribution in [0.15, 0.2) is 71.5 Å². The van der Waals surface area contributed by atoms with Crippen molar-refractivity contribution < 1.29 is 8.78 Å². The number of halogens is 3. The van der Waals surface area contributed by atoms with Crippen molar-refractivity contribution in [3.63, 3.8) is 0 Å². The fourth-order valence-electron chi connectivity index (χ4n) is 2.92. The van der Waals surface area contributed by atoms with Gasteiger partial charge in [0.1, 0.15) is 0 Å². The van der Waals surface area contributed by atoms with Crippen LogP contribution in [0, 0.1) is 11.6 Å². The summed E-state index contributed by atoms with van der Waals surface area (Å²) >= 11 is 6.10. The molecule has 140 valence electrons. The van der Waals surface area contributed by atoms with E-state index in [4.69, 9.17) is 11.6 Å². The normalized spacial score (nSPS) is 11.0. The quantitative estimate of drug-likeness (QED) is 0.541. The standard InChI is InChI=1S/C21H14ClF2N3O/c22-15-5-3-4-14(11-15)20-26-19-7-2-1-6-16(19)21(28)27(20)25-12-13-8-9-17(23)18(24)10-13/h1-11,25H,12H2. The topological polar surface area (TPSA) is 46.9 Å². The zero-order valence-corrected chi connectivity index (χ0v) is 15.3. The number of rotatable bonds is 4. The van der Waals surface area contributed by atoms with Gasteiger partial charge in [-0.2, -0.15) is 0 Å². The minimum absolute atomic E-state index is 0.102. The lowest BCUT2D eigenvalue weighted by Crippen LogP contribution is -2.31. The molecule has 1 N–H and O–H groups in total. The van der Waals surface area contributed by atoms with Crippen molar-refractivity contribution in [1.29, 1.82) is 0 Å². The number of fused-ring (bicyclic) bond motifs is 1. The zero-order valence-electron chi connectivity index (χ0n) is 14.5.